The molecule has 7 nitrogen and oxygen atoms in total. The molecule has 2 heterocycles. The van der Waals surface area contributed by atoms with E-state index in [4.69, 9.17) is 9.47 Å². The number of hydrogen-bond acceptors (Lipinski definition) is 5. The third-order valence-corrected chi connectivity index (χ3v) is 6.67. The van der Waals surface area contributed by atoms with Crippen molar-refractivity contribution in [3.05, 3.63) is 48.0 Å². The third kappa shape index (κ3) is 4.62. The first-order valence-electron chi connectivity index (χ1n) is 10.1. The van der Waals surface area contributed by atoms with Crippen LogP contribution < -0.4 is 14.2 Å². The third-order valence-electron chi connectivity index (χ3n) is 5.30. The fraction of sp³-hybridized carbons (Fsp3) is 0.381. The lowest BCUT2D eigenvalue weighted by atomic mass is 10.1. The summed E-state index contributed by atoms with van der Waals surface area (Å²) in [6, 6.07) is 7.98. The van der Waals surface area contributed by atoms with Crippen molar-refractivity contribution in [1.29, 1.82) is 0 Å². The standard InChI is InChI=1S/C21H21F3N2O5S/c22-21(23,24)15-6-2-3-7-16(15)25-32(28,29)14-8-9-17-18(12-14)30-13-19(31-17)20(27)26-10-4-1-5-11-26/h2-3,6-9,12,19,25H,1,4-5,10-11,13H2/t19-/m0/s1. The maximum Gasteiger partial charge on any atom is 0.418 e. The molecule has 32 heavy (non-hydrogen) atoms. The average molecular weight is 470 g/mol. The van der Waals surface area contributed by atoms with Gasteiger partial charge in [-0.25, -0.2) is 8.42 Å². The van der Waals surface area contributed by atoms with Crippen LogP contribution in [0.1, 0.15) is 24.8 Å². The predicted octanol–water partition coefficient (Wildman–Crippen LogP) is 3.66. The van der Waals surface area contributed by atoms with E-state index < -0.39 is 33.6 Å². The van der Waals surface area contributed by atoms with Crippen molar-refractivity contribution >= 4 is 21.6 Å². The number of sulfonamides is 1. The van der Waals surface area contributed by atoms with E-state index in [2.05, 4.69) is 0 Å². The lowest BCUT2D eigenvalue weighted by molar-refractivity contribution is -0.142. The van der Waals surface area contributed by atoms with Crippen LogP contribution in [0.2, 0.25) is 0 Å². The van der Waals surface area contributed by atoms with Crippen LogP contribution in [0.4, 0.5) is 18.9 Å². The lowest BCUT2D eigenvalue weighted by Crippen LogP contribution is -2.48. The molecule has 0 aromatic heterocycles. The minimum atomic E-state index is -4.72. The van der Waals surface area contributed by atoms with Gasteiger partial charge in [-0.05, 0) is 43.5 Å². The highest BCUT2D eigenvalue weighted by Gasteiger charge is 2.35. The van der Waals surface area contributed by atoms with E-state index in [1.165, 1.54) is 24.3 Å². The largest absolute Gasteiger partial charge is 0.485 e. The fourth-order valence-electron chi connectivity index (χ4n) is 3.68. The van der Waals surface area contributed by atoms with Gasteiger partial charge in [0.15, 0.2) is 11.5 Å². The number of anilines is 1. The molecule has 0 unspecified atom stereocenters. The number of benzene rings is 2. The molecule has 2 aromatic carbocycles. The van der Waals surface area contributed by atoms with Gasteiger partial charge in [-0.2, -0.15) is 13.2 Å². The summed E-state index contributed by atoms with van der Waals surface area (Å²) in [5.41, 5.74) is -1.68. The Morgan fingerprint density at radius 1 is 1.03 bits per heavy atom. The summed E-state index contributed by atoms with van der Waals surface area (Å²) in [5, 5.41) is 0. The number of hydrogen-bond donors (Lipinski definition) is 1. The van der Waals surface area contributed by atoms with Gasteiger partial charge in [0.2, 0.25) is 6.10 Å². The molecule has 0 saturated carbocycles. The van der Waals surface area contributed by atoms with Crippen LogP contribution in [-0.4, -0.2) is 45.0 Å². The molecule has 0 bridgehead atoms. The molecule has 0 aliphatic carbocycles. The predicted molar refractivity (Wildman–Crippen MR) is 109 cm³/mol. The van der Waals surface area contributed by atoms with Gasteiger partial charge in [0, 0.05) is 19.2 Å². The molecule has 1 saturated heterocycles. The van der Waals surface area contributed by atoms with Crippen molar-refractivity contribution < 1.29 is 35.9 Å². The first-order chi connectivity index (χ1) is 15.1. The Morgan fingerprint density at radius 2 is 1.75 bits per heavy atom. The highest BCUT2D eigenvalue weighted by Crippen LogP contribution is 2.37. The Bertz CT molecular complexity index is 1110. The number of halogens is 3. The van der Waals surface area contributed by atoms with E-state index in [1.54, 1.807) is 4.90 Å². The summed E-state index contributed by atoms with van der Waals surface area (Å²) in [4.78, 5) is 14.1. The minimum absolute atomic E-state index is 0.0871. The second-order valence-electron chi connectivity index (χ2n) is 7.56. The van der Waals surface area contributed by atoms with Gasteiger partial charge in [-0.3, -0.25) is 9.52 Å². The summed E-state index contributed by atoms with van der Waals surface area (Å²) in [5.74, 6) is 0.110. The van der Waals surface area contributed by atoms with E-state index in [0.29, 0.717) is 13.1 Å². The van der Waals surface area contributed by atoms with Crippen molar-refractivity contribution in [3.63, 3.8) is 0 Å². The Morgan fingerprint density at radius 3 is 2.47 bits per heavy atom. The van der Waals surface area contributed by atoms with E-state index in [0.717, 1.165) is 37.5 Å². The van der Waals surface area contributed by atoms with E-state index in [9.17, 15) is 26.4 Å². The molecule has 2 aliphatic heterocycles. The number of amides is 1. The number of carbonyl (C=O) groups excluding carboxylic acids is 1. The molecule has 2 aliphatic rings. The first kappa shape index (κ1) is 22.3. The quantitative estimate of drug-likeness (QED) is 0.737. The normalized spacial score (nSPS) is 18.8. The summed E-state index contributed by atoms with van der Waals surface area (Å²) >= 11 is 0. The second kappa shape index (κ2) is 8.53. The van der Waals surface area contributed by atoms with E-state index in [1.807, 2.05) is 4.72 Å². The smallest absolute Gasteiger partial charge is 0.418 e. The van der Waals surface area contributed by atoms with Crippen LogP contribution in [0.3, 0.4) is 0 Å². The van der Waals surface area contributed by atoms with Crippen LogP contribution in [0.15, 0.2) is 47.4 Å². The number of para-hydroxylation sites is 1. The van der Waals surface area contributed by atoms with Gasteiger partial charge in [0.25, 0.3) is 15.9 Å². The number of fused-ring (bicyclic) bond motifs is 1. The molecule has 1 fully saturated rings. The van der Waals surface area contributed by atoms with Crippen molar-refractivity contribution in [2.75, 3.05) is 24.4 Å². The molecular formula is C21H21F3N2O5S. The first-order valence-corrected chi connectivity index (χ1v) is 11.5. The number of likely N-dealkylation sites (tertiary alicyclic amines) is 1. The molecule has 4 rings (SSSR count). The zero-order valence-corrected chi connectivity index (χ0v) is 17.7. The van der Waals surface area contributed by atoms with Gasteiger partial charge in [0.1, 0.15) is 6.61 Å². The Labute approximate surface area is 183 Å². The molecule has 0 radical (unpaired) electrons. The Hall–Kier alpha value is -2.95. The number of rotatable bonds is 4. The van der Waals surface area contributed by atoms with Gasteiger partial charge in [-0.1, -0.05) is 12.1 Å². The maximum absolute atomic E-state index is 13.2. The van der Waals surface area contributed by atoms with Crippen LogP contribution in [-0.2, 0) is 21.0 Å². The van der Waals surface area contributed by atoms with Gasteiger partial charge >= 0.3 is 6.18 Å². The fourth-order valence-corrected chi connectivity index (χ4v) is 4.78. The maximum atomic E-state index is 13.2. The molecule has 1 amide bonds. The van der Waals surface area contributed by atoms with Gasteiger partial charge in [-0.15, -0.1) is 0 Å². The van der Waals surface area contributed by atoms with Crippen LogP contribution in [0.25, 0.3) is 0 Å². The highest BCUT2D eigenvalue weighted by atomic mass is 32.2. The van der Waals surface area contributed by atoms with Crippen molar-refractivity contribution in [2.45, 2.75) is 36.4 Å². The number of piperidine rings is 1. The van der Waals surface area contributed by atoms with Crippen LogP contribution >= 0.6 is 0 Å². The molecule has 172 valence electrons. The number of nitrogens with one attached hydrogen (secondary N) is 1. The van der Waals surface area contributed by atoms with E-state index in [-0.39, 0.29) is 28.9 Å². The number of carbonyl (C=O) groups is 1. The molecule has 0 spiro atoms. The summed E-state index contributed by atoms with van der Waals surface area (Å²) in [7, 11) is -4.34. The van der Waals surface area contributed by atoms with Gasteiger partial charge < -0.3 is 14.4 Å². The summed E-state index contributed by atoms with van der Waals surface area (Å²) in [6.07, 6.45) is -2.61. The molecule has 2 aromatic rings. The molecule has 1 N–H and O–H groups in total. The van der Waals surface area contributed by atoms with Crippen molar-refractivity contribution in [3.8, 4) is 11.5 Å². The number of alkyl halides is 3. The SMILES string of the molecule is O=C([C@@H]1COc2cc(S(=O)(=O)Nc3ccccc3C(F)(F)F)ccc2O1)N1CCCCC1. The van der Waals surface area contributed by atoms with E-state index >= 15 is 0 Å². The minimum Gasteiger partial charge on any atom is -0.485 e. The topological polar surface area (TPSA) is 84.9 Å². The van der Waals surface area contributed by atoms with Crippen LogP contribution in [0, 0.1) is 0 Å². The monoisotopic (exact) mass is 470 g/mol. The zero-order valence-electron chi connectivity index (χ0n) is 16.9. The molecular weight excluding hydrogens is 449 g/mol. The Kier molecular flexibility index (Phi) is 5.93. The summed E-state index contributed by atoms with van der Waals surface area (Å²) in [6.45, 7) is 1.23. The molecule has 1 atom stereocenters. The average Bonchev–Trinajstić information content (AvgIpc) is 2.78. The molecule has 11 heteroatoms. The summed E-state index contributed by atoms with van der Waals surface area (Å²) < 4.78 is 78.2. The Balaban J connectivity index is 1.52. The highest BCUT2D eigenvalue weighted by molar-refractivity contribution is 7.92. The second-order valence-corrected chi connectivity index (χ2v) is 9.24. The van der Waals surface area contributed by atoms with Crippen molar-refractivity contribution in [1.82, 2.24) is 4.90 Å². The van der Waals surface area contributed by atoms with Gasteiger partial charge in [0.05, 0.1) is 16.1 Å². The van der Waals surface area contributed by atoms with Crippen LogP contribution in [0.5, 0.6) is 11.5 Å². The van der Waals surface area contributed by atoms with Crippen molar-refractivity contribution in [2.24, 2.45) is 0 Å². The number of ether oxygens (including phenoxy) is 2. The number of nitrogens with zero attached hydrogens (tertiary/aromatic N) is 1. The lowest BCUT2D eigenvalue weighted by Gasteiger charge is -2.32. The zero-order chi connectivity index (χ0) is 22.9.